The van der Waals surface area contributed by atoms with Crippen LogP contribution in [0.1, 0.15) is 44.8 Å². The maximum atomic E-state index is 11.1. The Hall–Kier alpha value is -1.43. The third-order valence-electron chi connectivity index (χ3n) is 2.93. The molecule has 0 bridgehead atoms. The first kappa shape index (κ1) is 15.6. The molecule has 0 amide bonds. The maximum Gasteiger partial charge on any atom is 0.306 e. The van der Waals surface area contributed by atoms with E-state index in [-0.39, 0.29) is 5.97 Å². The fraction of sp³-hybridized carbons (Fsp3) is 0.769. The van der Waals surface area contributed by atoms with E-state index in [4.69, 9.17) is 4.52 Å². The fourth-order valence-electron chi connectivity index (χ4n) is 1.68. The number of methoxy groups -OCH3 is 1. The third kappa shape index (κ3) is 5.83. The van der Waals surface area contributed by atoms with Gasteiger partial charge in [-0.05, 0) is 13.0 Å². The smallest absolute Gasteiger partial charge is 0.306 e. The molecule has 0 spiro atoms. The molecule has 1 heterocycles. The molecule has 6 heteroatoms. The molecular weight excluding hydrogens is 246 g/mol. The number of aromatic nitrogens is 2. The molecule has 108 valence electrons. The molecule has 19 heavy (non-hydrogen) atoms. The molecule has 0 aliphatic heterocycles. The van der Waals surface area contributed by atoms with Gasteiger partial charge in [0.05, 0.1) is 20.1 Å². The molecule has 0 saturated heterocycles. The largest absolute Gasteiger partial charge is 0.469 e. The summed E-state index contributed by atoms with van der Waals surface area (Å²) in [5.41, 5.74) is 0. The van der Waals surface area contributed by atoms with Crippen molar-refractivity contribution in [2.45, 2.75) is 46.1 Å². The second-order valence-corrected chi connectivity index (χ2v) is 4.40. The summed E-state index contributed by atoms with van der Waals surface area (Å²) in [4.78, 5) is 17.5. The highest BCUT2D eigenvalue weighted by atomic mass is 16.5. The molecular formula is C13H23N3O3. The van der Waals surface area contributed by atoms with Crippen molar-refractivity contribution >= 4 is 5.97 Å². The van der Waals surface area contributed by atoms with E-state index in [1.165, 1.54) is 7.11 Å². The highest BCUT2D eigenvalue weighted by Crippen LogP contribution is 2.06. The molecule has 0 aliphatic rings. The van der Waals surface area contributed by atoms with Gasteiger partial charge in [-0.3, -0.25) is 9.69 Å². The Morgan fingerprint density at radius 3 is 2.84 bits per heavy atom. The number of nitrogens with zero attached hydrogens (tertiary/aromatic N) is 3. The summed E-state index contributed by atoms with van der Waals surface area (Å²) in [5, 5.41) is 3.95. The van der Waals surface area contributed by atoms with Crippen LogP contribution in [0, 0.1) is 0 Å². The average Bonchev–Trinajstić information content (AvgIpc) is 2.88. The summed E-state index contributed by atoms with van der Waals surface area (Å²) in [6.45, 7) is 6.20. The van der Waals surface area contributed by atoms with Crippen LogP contribution in [-0.4, -0.2) is 41.2 Å². The van der Waals surface area contributed by atoms with Gasteiger partial charge < -0.3 is 9.26 Å². The Bertz CT molecular complexity index is 379. The van der Waals surface area contributed by atoms with Crippen LogP contribution in [0.5, 0.6) is 0 Å². The van der Waals surface area contributed by atoms with Gasteiger partial charge in [0.25, 0.3) is 0 Å². The summed E-state index contributed by atoms with van der Waals surface area (Å²) in [6.07, 6.45) is 3.42. The highest BCUT2D eigenvalue weighted by molar-refractivity contribution is 5.69. The molecule has 0 atom stereocenters. The molecule has 1 aromatic rings. The summed E-state index contributed by atoms with van der Waals surface area (Å²) in [7, 11) is 1.40. The molecule has 0 aromatic carbocycles. The monoisotopic (exact) mass is 269 g/mol. The lowest BCUT2D eigenvalue weighted by Crippen LogP contribution is -2.26. The van der Waals surface area contributed by atoms with E-state index >= 15 is 0 Å². The summed E-state index contributed by atoms with van der Waals surface area (Å²) < 4.78 is 9.83. The van der Waals surface area contributed by atoms with Gasteiger partial charge in [0.1, 0.15) is 0 Å². The summed E-state index contributed by atoms with van der Waals surface area (Å²) >= 11 is 0. The molecule has 1 rings (SSSR count). The van der Waals surface area contributed by atoms with Crippen LogP contribution in [0.25, 0.3) is 0 Å². The van der Waals surface area contributed by atoms with Gasteiger partial charge in [0, 0.05) is 13.0 Å². The third-order valence-corrected chi connectivity index (χ3v) is 2.93. The van der Waals surface area contributed by atoms with Crippen LogP contribution in [0.2, 0.25) is 0 Å². The molecule has 1 aromatic heterocycles. The first-order valence-corrected chi connectivity index (χ1v) is 6.80. The van der Waals surface area contributed by atoms with E-state index in [1.807, 2.05) is 6.92 Å². The molecule has 0 fully saturated rings. The van der Waals surface area contributed by atoms with Crippen LogP contribution in [0.3, 0.4) is 0 Å². The van der Waals surface area contributed by atoms with E-state index in [9.17, 15) is 4.79 Å². The predicted octanol–water partition coefficient (Wildman–Crippen LogP) is 1.80. The van der Waals surface area contributed by atoms with Crippen molar-refractivity contribution in [2.24, 2.45) is 0 Å². The minimum atomic E-state index is -0.201. The van der Waals surface area contributed by atoms with E-state index in [2.05, 4.69) is 26.7 Å². The molecule has 6 nitrogen and oxygen atoms in total. The quantitative estimate of drug-likeness (QED) is 0.637. The number of carbonyl (C=O) groups is 1. The number of aryl methyl sites for hydroxylation is 1. The zero-order valence-corrected chi connectivity index (χ0v) is 12.0. The molecule has 0 aliphatic carbocycles. The van der Waals surface area contributed by atoms with E-state index in [1.54, 1.807) is 0 Å². The molecule has 0 N–H and O–H groups in total. The number of ether oxygens (including phenoxy) is 1. The zero-order chi connectivity index (χ0) is 14.1. The fourth-order valence-corrected chi connectivity index (χ4v) is 1.68. The first-order valence-electron chi connectivity index (χ1n) is 6.80. The van der Waals surface area contributed by atoms with Crippen molar-refractivity contribution in [3.8, 4) is 0 Å². The number of rotatable bonds is 9. The van der Waals surface area contributed by atoms with Crippen molar-refractivity contribution in [1.82, 2.24) is 15.0 Å². The Kier molecular flexibility index (Phi) is 7.10. The predicted molar refractivity (Wildman–Crippen MR) is 70.5 cm³/mol. The Balaban J connectivity index is 2.41. The summed E-state index contributed by atoms with van der Waals surface area (Å²) in [6, 6.07) is 0. The van der Waals surface area contributed by atoms with Gasteiger partial charge in [-0.1, -0.05) is 25.4 Å². The van der Waals surface area contributed by atoms with Crippen molar-refractivity contribution in [3.63, 3.8) is 0 Å². The van der Waals surface area contributed by atoms with Crippen LogP contribution in [0.4, 0.5) is 0 Å². The van der Waals surface area contributed by atoms with Crippen LogP contribution in [0.15, 0.2) is 4.52 Å². The van der Waals surface area contributed by atoms with Crippen LogP contribution < -0.4 is 0 Å². The molecule has 0 saturated carbocycles. The minimum Gasteiger partial charge on any atom is -0.469 e. The lowest BCUT2D eigenvalue weighted by molar-refractivity contribution is -0.141. The first-order chi connectivity index (χ1) is 9.19. The number of hydrogen-bond donors (Lipinski definition) is 0. The SMILES string of the molecule is CCCCc1noc(CN(CC)CCC(=O)OC)n1. The normalized spacial score (nSPS) is 10.9. The van der Waals surface area contributed by atoms with Crippen molar-refractivity contribution < 1.29 is 14.1 Å². The van der Waals surface area contributed by atoms with Crippen molar-refractivity contribution in [1.29, 1.82) is 0 Å². The average molecular weight is 269 g/mol. The van der Waals surface area contributed by atoms with Crippen molar-refractivity contribution in [3.05, 3.63) is 11.7 Å². The van der Waals surface area contributed by atoms with Gasteiger partial charge in [-0.25, -0.2) is 0 Å². The van der Waals surface area contributed by atoms with Crippen LogP contribution >= 0.6 is 0 Å². The van der Waals surface area contributed by atoms with Crippen LogP contribution in [-0.2, 0) is 22.5 Å². The maximum absolute atomic E-state index is 11.1. The Morgan fingerprint density at radius 1 is 1.42 bits per heavy atom. The Morgan fingerprint density at radius 2 is 2.21 bits per heavy atom. The molecule has 0 radical (unpaired) electrons. The number of unbranched alkanes of at least 4 members (excludes halogenated alkanes) is 1. The van der Waals surface area contributed by atoms with E-state index in [0.29, 0.717) is 25.4 Å². The van der Waals surface area contributed by atoms with Gasteiger partial charge >= 0.3 is 5.97 Å². The topological polar surface area (TPSA) is 68.5 Å². The van der Waals surface area contributed by atoms with E-state index in [0.717, 1.165) is 31.6 Å². The lowest BCUT2D eigenvalue weighted by Gasteiger charge is -2.16. The second-order valence-electron chi connectivity index (χ2n) is 4.40. The standard InChI is InChI=1S/C13H23N3O3/c1-4-6-7-11-14-12(19-15-11)10-16(5-2)9-8-13(17)18-3/h4-10H2,1-3H3. The highest BCUT2D eigenvalue weighted by Gasteiger charge is 2.12. The number of hydrogen-bond acceptors (Lipinski definition) is 6. The minimum absolute atomic E-state index is 0.201. The van der Waals surface area contributed by atoms with Gasteiger partial charge in [-0.2, -0.15) is 4.98 Å². The summed E-state index contributed by atoms with van der Waals surface area (Å²) in [5.74, 6) is 1.17. The lowest BCUT2D eigenvalue weighted by atomic mass is 10.2. The number of carbonyl (C=O) groups excluding carboxylic acids is 1. The van der Waals surface area contributed by atoms with E-state index < -0.39 is 0 Å². The zero-order valence-electron chi connectivity index (χ0n) is 12.0. The second kappa shape index (κ2) is 8.63. The van der Waals surface area contributed by atoms with Crippen molar-refractivity contribution in [2.75, 3.05) is 20.2 Å². The Labute approximate surface area is 114 Å². The van der Waals surface area contributed by atoms with Gasteiger partial charge in [-0.15, -0.1) is 0 Å². The molecule has 0 unspecified atom stereocenters. The van der Waals surface area contributed by atoms with Gasteiger partial charge in [0.2, 0.25) is 5.89 Å². The van der Waals surface area contributed by atoms with Gasteiger partial charge in [0.15, 0.2) is 5.82 Å². The number of esters is 1.